The third-order valence-electron chi connectivity index (χ3n) is 12.8. The van der Waals surface area contributed by atoms with E-state index in [1.165, 1.54) is 108 Å². The zero-order valence-electron chi connectivity index (χ0n) is 45.7. The molecule has 1 heterocycles. The summed E-state index contributed by atoms with van der Waals surface area (Å²) in [6, 6.07) is 61.6. The number of terminal acetylenes is 1. The van der Waals surface area contributed by atoms with Crippen molar-refractivity contribution in [1.82, 2.24) is 4.57 Å². The second kappa shape index (κ2) is 29.0. The number of hydrogen-bond acceptors (Lipinski definition) is 1. The van der Waals surface area contributed by atoms with Crippen molar-refractivity contribution >= 4 is 21.8 Å². The van der Waals surface area contributed by atoms with Gasteiger partial charge in [-0.1, -0.05) is 229 Å². The number of methoxy groups -OCH3 is 1. The number of aryl methyl sites for hydroxylation is 5. The molecule has 0 aliphatic heterocycles. The van der Waals surface area contributed by atoms with Crippen LogP contribution in [0.15, 0.2) is 194 Å². The van der Waals surface area contributed by atoms with E-state index in [1.807, 2.05) is 19.9 Å². The minimum atomic E-state index is 0.859. The van der Waals surface area contributed by atoms with Crippen molar-refractivity contribution in [2.75, 3.05) is 7.11 Å². The van der Waals surface area contributed by atoms with Gasteiger partial charge in [-0.3, -0.25) is 0 Å². The van der Waals surface area contributed by atoms with Crippen molar-refractivity contribution in [3.8, 4) is 68.8 Å². The predicted octanol–water partition coefficient (Wildman–Crippen LogP) is 20.5. The number of unbranched alkanes of at least 4 members (excludes halogenated alkanes) is 1. The van der Waals surface area contributed by atoms with E-state index in [0.29, 0.717) is 0 Å². The van der Waals surface area contributed by atoms with Gasteiger partial charge in [-0.25, -0.2) is 0 Å². The lowest BCUT2D eigenvalue weighted by Gasteiger charge is -2.17. The number of hydrogen-bond donors (Lipinski definition) is 0. The molecular weight excluding hydrogens is 883 g/mol. The van der Waals surface area contributed by atoms with Gasteiger partial charge in [-0.05, 0) is 145 Å². The fourth-order valence-corrected chi connectivity index (χ4v) is 9.39. The molecule has 0 aliphatic carbocycles. The van der Waals surface area contributed by atoms with E-state index in [0.717, 1.165) is 41.7 Å². The molecule has 374 valence electrons. The molecule has 0 saturated carbocycles. The van der Waals surface area contributed by atoms with Crippen molar-refractivity contribution < 1.29 is 4.74 Å². The van der Waals surface area contributed by atoms with Crippen LogP contribution in [-0.2, 0) is 12.8 Å². The van der Waals surface area contributed by atoms with Gasteiger partial charge in [-0.2, -0.15) is 0 Å². The maximum Gasteiger partial charge on any atom is 0.127 e. The standard InChI is InChI=1S/C51H51NO.C13H12.C3H8.C2H6.C2H2/c1-7-9-11-12-16-23-41-36(4)19-17-25-45(41)52-46-32-29-40(42-24-18-26-48(53-6)50(42)38-21-14-13-15-22-38)34-44(46)51-47(52)31-28-37(5)49(51)43-30-27-35(3)33-39(43)20-10-8-2;1-11-7-9-13(10-8-11)12-5-3-2-4-6-12;1-3-2;2*1-2/h9,11-19,21-22,24-34H,7-8,10,20,23H2,1-6H3;2-10H,1H3;3H2,1-2H3;1-2H3;1-2H/b11-9-,16-12-;;;;. The number of benzene rings is 8. The van der Waals surface area contributed by atoms with E-state index in [2.05, 4.69) is 261 Å². The minimum Gasteiger partial charge on any atom is -0.496 e. The third kappa shape index (κ3) is 13.9. The summed E-state index contributed by atoms with van der Waals surface area (Å²) in [6.07, 6.45) is 23.4. The normalized spacial score (nSPS) is 10.7. The molecule has 0 saturated heterocycles. The summed E-state index contributed by atoms with van der Waals surface area (Å²) >= 11 is 0. The van der Waals surface area contributed by atoms with Crippen molar-refractivity contribution in [3.05, 3.63) is 228 Å². The van der Waals surface area contributed by atoms with Crippen molar-refractivity contribution in [2.45, 2.75) is 108 Å². The molecule has 0 aliphatic rings. The lowest BCUT2D eigenvalue weighted by molar-refractivity contribution is 0.416. The Labute approximate surface area is 440 Å². The van der Waals surface area contributed by atoms with Crippen LogP contribution in [0.1, 0.15) is 101 Å². The van der Waals surface area contributed by atoms with Gasteiger partial charge in [0.2, 0.25) is 0 Å². The number of nitrogens with zero attached hydrogens (tertiary/aromatic N) is 1. The zero-order chi connectivity index (χ0) is 52.7. The second-order valence-electron chi connectivity index (χ2n) is 18.2. The van der Waals surface area contributed by atoms with Crippen LogP contribution in [0, 0.1) is 40.5 Å². The number of fused-ring (bicyclic) bond motifs is 3. The van der Waals surface area contributed by atoms with Gasteiger partial charge in [-0.15, -0.1) is 12.8 Å². The predicted molar refractivity (Wildman–Crippen MR) is 323 cm³/mol. The molecule has 9 rings (SSSR count). The smallest absolute Gasteiger partial charge is 0.127 e. The summed E-state index contributed by atoms with van der Waals surface area (Å²) in [5.74, 6) is 0.874. The van der Waals surface area contributed by atoms with Crippen molar-refractivity contribution in [2.24, 2.45) is 0 Å². The molecule has 0 atom stereocenters. The first-order chi connectivity index (χ1) is 35.7. The Morgan fingerprint density at radius 2 is 1.12 bits per heavy atom. The zero-order valence-corrected chi connectivity index (χ0v) is 45.7. The number of aromatic nitrogens is 1. The quantitative estimate of drug-likeness (QED) is 0.0830. The molecule has 0 bridgehead atoms. The van der Waals surface area contributed by atoms with Gasteiger partial charge in [0.05, 0.1) is 18.1 Å². The van der Waals surface area contributed by atoms with Crippen LogP contribution >= 0.6 is 0 Å². The van der Waals surface area contributed by atoms with Crippen LogP contribution in [0.25, 0.3) is 72.0 Å². The van der Waals surface area contributed by atoms with Crippen LogP contribution in [0.3, 0.4) is 0 Å². The van der Waals surface area contributed by atoms with E-state index >= 15 is 0 Å². The van der Waals surface area contributed by atoms with Gasteiger partial charge >= 0.3 is 0 Å². The molecule has 0 radical (unpaired) electrons. The van der Waals surface area contributed by atoms with Gasteiger partial charge in [0.1, 0.15) is 5.75 Å². The largest absolute Gasteiger partial charge is 0.496 e. The van der Waals surface area contributed by atoms with Gasteiger partial charge in [0, 0.05) is 22.0 Å². The highest BCUT2D eigenvalue weighted by Crippen LogP contribution is 2.45. The SMILES string of the molecule is C#C.CC.CC/C=C\C=C/Cc1c(C)cccc1-n1c2ccc(-c3cccc(OC)c3-c3ccccc3)cc2c2c(-c3ccc(C)cc3CCCC)c(C)ccc21.CCC.Cc1ccc(-c2ccccc2)cc1. The molecule has 73 heavy (non-hydrogen) atoms. The maximum absolute atomic E-state index is 5.99. The van der Waals surface area contributed by atoms with Crippen molar-refractivity contribution in [3.63, 3.8) is 0 Å². The summed E-state index contributed by atoms with van der Waals surface area (Å²) in [6.45, 7) is 21.6. The first kappa shape index (κ1) is 56.3. The monoisotopic (exact) mass is 962 g/mol. The van der Waals surface area contributed by atoms with E-state index in [-0.39, 0.29) is 0 Å². The van der Waals surface area contributed by atoms with E-state index in [4.69, 9.17) is 4.74 Å². The average molecular weight is 962 g/mol. The Balaban J connectivity index is 0.000000416. The lowest BCUT2D eigenvalue weighted by Crippen LogP contribution is -2.02. The van der Waals surface area contributed by atoms with E-state index in [1.54, 1.807) is 7.11 Å². The Bertz CT molecular complexity index is 3200. The summed E-state index contributed by atoms with van der Waals surface area (Å²) in [4.78, 5) is 0. The average Bonchev–Trinajstić information content (AvgIpc) is 3.76. The molecule has 8 aromatic carbocycles. The Morgan fingerprint density at radius 1 is 0.521 bits per heavy atom. The highest BCUT2D eigenvalue weighted by Gasteiger charge is 2.23. The number of ether oxygens (including phenoxy) is 1. The molecule has 2 nitrogen and oxygen atoms in total. The van der Waals surface area contributed by atoms with Crippen LogP contribution in [0.2, 0.25) is 0 Å². The molecule has 0 amide bonds. The molecule has 1 aromatic heterocycles. The molecule has 0 fully saturated rings. The topological polar surface area (TPSA) is 14.2 Å². The Morgan fingerprint density at radius 3 is 1.78 bits per heavy atom. The number of allylic oxidation sites excluding steroid dienone is 4. The molecule has 0 unspecified atom stereocenters. The minimum absolute atomic E-state index is 0.859. The maximum atomic E-state index is 5.99. The lowest BCUT2D eigenvalue weighted by atomic mass is 9.88. The summed E-state index contributed by atoms with van der Waals surface area (Å²) in [5, 5.41) is 2.57. The molecule has 0 N–H and O–H groups in total. The molecule has 2 heteroatoms. The van der Waals surface area contributed by atoms with Gasteiger partial charge < -0.3 is 9.30 Å². The fraction of sp³-hybridized carbons (Fsp3) is 0.239. The van der Waals surface area contributed by atoms with Crippen LogP contribution in [0.4, 0.5) is 0 Å². The fourth-order valence-electron chi connectivity index (χ4n) is 9.39. The number of rotatable bonds is 13. The highest BCUT2D eigenvalue weighted by atomic mass is 16.5. The van der Waals surface area contributed by atoms with Crippen LogP contribution < -0.4 is 4.74 Å². The van der Waals surface area contributed by atoms with Crippen molar-refractivity contribution in [1.29, 1.82) is 0 Å². The first-order valence-electron chi connectivity index (χ1n) is 26.5. The van der Waals surface area contributed by atoms with Crippen LogP contribution in [0.5, 0.6) is 5.75 Å². The summed E-state index contributed by atoms with van der Waals surface area (Å²) in [5.41, 5.74) is 21.5. The van der Waals surface area contributed by atoms with Gasteiger partial charge in [0.25, 0.3) is 0 Å². The molecule has 0 spiro atoms. The summed E-state index contributed by atoms with van der Waals surface area (Å²) < 4.78 is 8.52. The van der Waals surface area contributed by atoms with Gasteiger partial charge in [0.15, 0.2) is 0 Å². The highest BCUT2D eigenvalue weighted by molar-refractivity contribution is 6.17. The molecular formula is C71H79NO. The van der Waals surface area contributed by atoms with E-state index in [9.17, 15) is 0 Å². The second-order valence-corrected chi connectivity index (χ2v) is 18.2. The summed E-state index contributed by atoms with van der Waals surface area (Å²) in [7, 11) is 1.77. The van der Waals surface area contributed by atoms with Crippen LogP contribution in [-0.4, -0.2) is 11.7 Å². The Hall–Kier alpha value is -7.60. The van der Waals surface area contributed by atoms with E-state index < -0.39 is 0 Å². The Kier molecular flexibility index (Phi) is 22.4. The first-order valence-corrected chi connectivity index (χ1v) is 26.5. The third-order valence-corrected chi connectivity index (χ3v) is 12.8. The molecule has 9 aromatic rings.